The van der Waals surface area contributed by atoms with Gasteiger partial charge in [-0.25, -0.2) is 0 Å². The van der Waals surface area contributed by atoms with Crippen LogP contribution < -0.4 is 30.7 Å². The van der Waals surface area contributed by atoms with Crippen LogP contribution in [0.2, 0.25) is 0 Å². The van der Waals surface area contributed by atoms with E-state index in [1.807, 2.05) is 32.9 Å². The molecule has 1 saturated heterocycles. The smallest absolute Gasteiger partial charge is 0.657 e. The second-order valence-electron chi connectivity index (χ2n) is 12.0. The predicted octanol–water partition coefficient (Wildman–Crippen LogP) is 1.53. The molecule has 234 valence electrons. The minimum Gasteiger partial charge on any atom is -0.657 e. The molecule has 0 amide bonds. The Morgan fingerprint density at radius 1 is 1.04 bits per heavy atom. The van der Waals surface area contributed by atoms with Crippen LogP contribution in [0.15, 0.2) is 18.0 Å². The number of hydrogen-bond donors (Lipinski definition) is 2. The van der Waals surface area contributed by atoms with Crippen LogP contribution >= 0.6 is 0 Å². The molecular weight excluding hydrogens is 597 g/mol. The van der Waals surface area contributed by atoms with Crippen LogP contribution in [0.25, 0.3) is 29.9 Å². The fourth-order valence-corrected chi connectivity index (χ4v) is 7.28. The van der Waals surface area contributed by atoms with Crippen LogP contribution in [0, 0.1) is 43.7 Å². The van der Waals surface area contributed by atoms with Crippen molar-refractivity contribution in [3.63, 3.8) is 0 Å². The summed E-state index contributed by atoms with van der Waals surface area (Å²) < 4.78 is 5.08. The normalized spacial score (nSPS) is 25.5. The number of nitrogens with zero attached hydrogens (tertiary/aromatic N) is 3. The van der Waals surface area contributed by atoms with Gasteiger partial charge in [0, 0.05) is 29.4 Å². The number of Topliss-reactive ketones (excluding diaryl/α,β-unsaturated/α-hetero) is 1. The Morgan fingerprint density at radius 3 is 2.35 bits per heavy atom. The molecule has 2 N–H and O–H groups in total. The first-order valence-electron chi connectivity index (χ1n) is 15.1. The molecule has 46 heavy (non-hydrogen) atoms. The number of carbonyl (C=O) groups is 3. The standard InChI is InChI=1S/C35H36N4O6.Mg/c1-8-19-15(3)22-12-25-20(9-2)16(4)24(37-25)14-27-17(5)21(10-11-28(40)41)33(39(27)44)30-31(35(43)45-7)34(42)29-18(6)23(38-32(29)30)13-26(19)36-22;/h9,12-14,17,21,31,39H,2,8,10-11H2,1,3-7H3,(H2,38,40,41,42);/q-2;+2/p-1/b22-12-,26-13-,27-14-,33-30-;/t17-,21-,31+;/m0./s1. The van der Waals surface area contributed by atoms with E-state index in [1.165, 1.54) is 7.11 Å². The first-order chi connectivity index (χ1) is 21.4. The number of aromatic nitrogens is 3. The van der Waals surface area contributed by atoms with E-state index < -0.39 is 35.5 Å². The van der Waals surface area contributed by atoms with Gasteiger partial charge in [-0.3, -0.25) is 14.4 Å². The summed E-state index contributed by atoms with van der Waals surface area (Å²) in [5.41, 5.74) is 7.52. The maximum atomic E-state index is 14.5. The van der Waals surface area contributed by atoms with Gasteiger partial charge in [0.15, 0.2) is 5.78 Å². The molecule has 3 aliphatic rings. The van der Waals surface area contributed by atoms with Crippen molar-refractivity contribution in [2.45, 2.75) is 53.9 Å². The summed E-state index contributed by atoms with van der Waals surface area (Å²) in [6, 6.07) is 0. The number of hydroxylamine groups is 2. The van der Waals surface area contributed by atoms with Gasteiger partial charge in [-0.15, -0.1) is 33.5 Å². The van der Waals surface area contributed by atoms with Gasteiger partial charge < -0.3 is 35.1 Å². The maximum Gasteiger partial charge on any atom is 2.00 e. The quantitative estimate of drug-likeness (QED) is 0.179. The molecule has 5 heterocycles. The van der Waals surface area contributed by atoms with Crippen molar-refractivity contribution in [1.29, 1.82) is 0 Å². The number of carboxylic acids is 1. The van der Waals surface area contributed by atoms with Crippen molar-refractivity contribution in [2.24, 2.45) is 17.8 Å². The number of aliphatic carboxylic acids is 1. The van der Waals surface area contributed by atoms with Crippen molar-refractivity contribution in [1.82, 2.24) is 15.0 Å². The second-order valence-corrected chi connectivity index (χ2v) is 12.0. The number of ketones is 1. The monoisotopic (exact) mass is 631 g/mol. The fraction of sp³-hybridized carbons (Fsp3) is 0.343. The SMILES string of the molecule is C=Cc1c2[n-]c(c1C)/C=C1/[C@@H](C)[C@H](CCC(=O)O)/C(=C3/c4[n-]c(c(C)c4C(=O)[C@@H]3C(=O)OC)/C=c3\[n-]/c(c(C)c3CC)=C\2)[NH+]1[O-].[Mg+2]. The van der Waals surface area contributed by atoms with Crippen molar-refractivity contribution >= 4 is 70.7 Å². The van der Waals surface area contributed by atoms with Crippen LogP contribution in [-0.4, -0.2) is 53.0 Å². The number of hydrogen-bond acceptors (Lipinski definition) is 5. The number of methoxy groups -OCH3 is 1. The summed E-state index contributed by atoms with van der Waals surface area (Å²) in [6.45, 7) is 13.6. The first kappa shape index (κ1) is 33.5. The van der Waals surface area contributed by atoms with Crippen molar-refractivity contribution in [2.75, 3.05) is 7.11 Å². The minimum atomic E-state index is -1.37. The van der Waals surface area contributed by atoms with E-state index in [2.05, 4.69) is 13.5 Å². The third-order valence-electron chi connectivity index (χ3n) is 9.74. The molecule has 1 fully saturated rings. The van der Waals surface area contributed by atoms with Crippen LogP contribution in [0.1, 0.15) is 87.6 Å². The number of fused-ring (bicyclic) bond motifs is 7. The van der Waals surface area contributed by atoms with E-state index in [-0.39, 0.29) is 63.5 Å². The summed E-state index contributed by atoms with van der Waals surface area (Å²) in [5, 5.41) is 25.2. The molecule has 10 nitrogen and oxygen atoms in total. The van der Waals surface area contributed by atoms with Gasteiger partial charge in [0.1, 0.15) is 17.3 Å². The molecule has 0 aromatic carbocycles. The zero-order valence-corrected chi connectivity index (χ0v) is 28.3. The van der Waals surface area contributed by atoms with Gasteiger partial charge >= 0.3 is 35.0 Å². The molecule has 8 bridgehead atoms. The molecule has 0 saturated carbocycles. The molecule has 3 aromatic heterocycles. The van der Waals surface area contributed by atoms with Crippen LogP contribution in [0.3, 0.4) is 0 Å². The number of carboxylic acid groups (broad SMARTS) is 1. The molecule has 4 atom stereocenters. The van der Waals surface area contributed by atoms with Crippen LogP contribution in [0.4, 0.5) is 0 Å². The number of rotatable bonds is 6. The van der Waals surface area contributed by atoms with Gasteiger partial charge in [0.2, 0.25) is 0 Å². The average Bonchev–Trinajstić information content (AvgIpc) is 3.72. The predicted molar refractivity (Wildman–Crippen MR) is 174 cm³/mol. The Kier molecular flexibility index (Phi) is 8.99. The van der Waals surface area contributed by atoms with Gasteiger partial charge in [0.25, 0.3) is 0 Å². The van der Waals surface area contributed by atoms with E-state index in [9.17, 15) is 24.7 Å². The minimum absolute atomic E-state index is 0. The molecule has 1 unspecified atom stereocenters. The van der Waals surface area contributed by atoms with Gasteiger partial charge in [-0.2, -0.15) is 0 Å². The molecule has 3 aromatic rings. The van der Waals surface area contributed by atoms with Crippen molar-refractivity contribution in [3.8, 4) is 0 Å². The zero-order valence-electron chi connectivity index (χ0n) is 26.9. The third kappa shape index (κ3) is 4.97. The Hall–Kier alpha value is -3.90. The number of esters is 1. The summed E-state index contributed by atoms with van der Waals surface area (Å²) in [7, 11) is 1.20. The Bertz CT molecular complexity index is 2010. The Morgan fingerprint density at radius 2 is 1.72 bits per heavy atom. The van der Waals surface area contributed by atoms with E-state index in [0.29, 0.717) is 34.8 Å². The zero-order chi connectivity index (χ0) is 32.5. The summed E-state index contributed by atoms with van der Waals surface area (Å²) in [4.78, 5) is 53.7. The average molecular weight is 632 g/mol. The Labute approximate surface area is 282 Å². The molecule has 11 heteroatoms. The van der Waals surface area contributed by atoms with Crippen molar-refractivity contribution < 1.29 is 29.3 Å². The van der Waals surface area contributed by atoms with E-state index >= 15 is 0 Å². The molecule has 6 rings (SSSR count). The number of quaternary nitrogens is 1. The molecule has 0 radical (unpaired) electrons. The summed E-state index contributed by atoms with van der Waals surface area (Å²) in [5.74, 6) is -4.64. The first-order valence-corrected chi connectivity index (χ1v) is 15.1. The largest absolute Gasteiger partial charge is 2.00 e. The van der Waals surface area contributed by atoms with Gasteiger partial charge in [0.05, 0.1) is 7.11 Å². The van der Waals surface area contributed by atoms with Crippen molar-refractivity contribution in [3.05, 3.63) is 90.0 Å². The van der Waals surface area contributed by atoms with Crippen LogP contribution in [-0.2, 0) is 20.7 Å². The molecule has 0 spiro atoms. The topological polar surface area (TPSA) is 150 Å². The fourth-order valence-electron chi connectivity index (χ4n) is 7.28. The van der Waals surface area contributed by atoms with Crippen LogP contribution in [0.5, 0.6) is 0 Å². The summed E-state index contributed by atoms with van der Waals surface area (Å²) in [6.07, 6.45) is 7.93. The van der Waals surface area contributed by atoms with E-state index in [1.54, 1.807) is 19.1 Å². The number of allylic oxidation sites excluding steroid dienone is 2. The number of ether oxygens (including phenoxy) is 1. The summed E-state index contributed by atoms with van der Waals surface area (Å²) >= 11 is 0. The molecule has 2 aliphatic heterocycles. The van der Waals surface area contributed by atoms with E-state index in [4.69, 9.17) is 19.7 Å². The molecule has 1 aliphatic carbocycles. The molecular formula is C35H35MgN4O6-. The number of carbonyl (C=O) groups excluding carboxylic acids is 2. The number of nitrogens with one attached hydrogen (secondary N) is 1. The maximum absolute atomic E-state index is 14.5. The van der Waals surface area contributed by atoms with E-state index in [0.717, 1.165) is 33.0 Å². The third-order valence-corrected chi connectivity index (χ3v) is 9.74. The van der Waals surface area contributed by atoms with Gasteiger partial charge in [-0.05, 0) is 45.3 Å². The van der Waals surface area contributed by atoms with Gasteiger partial charge in [-0.1, -0.05) is 60.9 Å². The second kappa shape index (κ2) is 12.4. The Balaban J connectivity index is 0.00000417.